The summed E-state index contributed by atoms with van der Waals surface area (Å²) in [7, 11) is 1.23. The predicted octanol–water partition coefficient (Wildman–Crippen LogP) is 0.663. The van der Waals surface area contributed by atoms with Crippen LogP contribution in [0.1, 0.15) is 46.0 Å². The fourth-order valence-corrected chi connectivity index (χ4v) is 1.81. The molecule has 0 aromatic heterocycles. The summed E-state index contributed by atoms with van der Waals surface area (Å²) >= 11 is 0. The van der Waals surface area contributed by atoms with Gasteiger partial charge in [0.15, 0.2) is 0 Å². The number of methoxy groups -OCH3 is 1. The second-order valence-corrected chi connectivity index (χ2v) is 5.32. The Morgan fingerprint density at radius 1 is 1.19 bits per heavy atom. The third-order valence-corrected chi connectivity index (χ3v) is 3.22. The Morgan fingerprint density at radius 2 is 1.81 bits per heavy atom. The molecule has 0 aromatic rings. The van der Waals surface area contributed by atoms with Crippen LogP contribution in [0.5, 0.6) is 0 Å². The Kier molecular flexibility index (Phi) is 9.36. The zero-order chi connectivity index (χ0) is 16.4. The molecule has 0 saturated carbocycles. The summed E-state index contributed by atoms with van der Waals surface area (Å²) in [6.07, 6.45) is 2.25. The van der Waals surface area contributed by atoms with Gasteiger partial charge in [-0.2, -0.15) is 0 Å². The number of carbonyl (C=O) groups is 3. The van der Waals surface area contributed by atoms with Crippen molar-refractivity contribution < 1.29 is 24.2 Å². The SMILES string of the molecule is COC(=O)CCC(NC(=O)C(C)CCCC(C)N)C(=O)O. The quantitative estimate of drug-likeness (QED) is 0.510. The van der Waals surface area contributed by atoms with E-state index in [-0.39, 0.29) is 30.7 Å². The zero-order valence-electron chi connectivity index (χ0n) is 12.9. The first kappa shape index (κ1) is 19.4. The van der Waals surface area contributed by atoms with Gasteiger partial charge in [-0.1, -0.05) is 13.3 Å². The highest BCUT2D eigenvalue weighted by Crippen LogP contribution is 2.10. The van der Waals surface area contributed by atoms with E-state index in [1.807, 2.05) is 6.92 Å². The number of nitrogens with two attached hydrogens (primary N) is 1. The molecule has 7 nitrogen and oxygen atoms in total. The minimum atomic E-state index is -1.16. The molecule has 0 aliphatic heterocycles. The molecule has 0 heterocycles. The summed E-state index contributed by atoms with van der Waals surface area (Å²) in [4.78, 5) is 34.0. The number of aliphatic carboxylic acids is 1. The van der Waals surface area contributed by atoms with Crippen LogP contribution in [0.3, 0.4) is 0 Å². The van der Waals surface area contributed by atoms with Gasteiger partial charge in [-0.15, -0.1) is 0 Å². The van der Waals surface area contributed by atoms with E-state index in [4.69, 9.17) is 10.8 Å². The molecule has 3 atom stereocenters. The maximum atomic E-state index is 11.9. The lowest BCUT2D eigenvalue weighted by Gasteiger charge is -2.17. The van der Waals surface area contributed by atoms with Crippen LogP contribution >= 0.6 is 0 Å². The Balaban J connectivity index is 4.26. The van der Waals surface area contributed by atoms with Crippen molar-refractivity contribution in [1.82, 2.24) is 5.32 Å². The maximum Gasteiger partial charge on any atom is 0.326 e. The molecule has 0 saturated heterocycles. The molecule has 0 aromatic carbocycles. The van der Waals surface area contributed by atoms with Gasteiger partial charge in [0.2, 0.25) is 5.91 Å². The zero-order valence-corrected chi connectivity index (χ0v) is 12.9. The number of carbonyl (C=O) groups excluding carboxylic acids is 2. The molecular formula is C14H26N2O5. The van der Waals surface area contributed by atoms with Crippen molar-refractivity contribution in [3.8, 4) is 0 Å². The molecule has 0 bridgehead atoms. The number of carboxylic acid groups (broad SMARTS) is 1. The molecule has 122 valence electrons. The summed E-state index contributed by atoms with van der Waals surface area (Å²) in [6, 6.07) is -0.987. The molecule has 0 fully saturated rings. The number of esters is 1. The van der Waals surface area contributed by atoms with Crippen LogP contribution in [-0.2, 0) is 19.1 Å². The lowest BCUT2D eigenvalue weighted by molar-refractivity contribution is -0.144. The van der Waals surface area contributed by atoms with E-state index >= 15 is 0 Å². The van der Waals surface area contributed by atoms with Gasteiger partial charge in [-0.05, 0) is 26.2 Å². The average molecular weight is 302 g/mol. The number of hydrogen-bond donors (Lipinski definition) is 3. The Labute approximate surface area is 125 Å². The third-order valence-electron chi connectivity index (χ3n) is 3.22. The van der Waals surface area contributed by atoms with Crippen molar-refractivity contribution in [3.63, 3.8) is 0 Å². The second kappa shape index (κ2) is 10.1. The molecule has 3 unspecified atom stereocenters. The maximum absolute atomic E-state index is 11.9. The topological polar surface area (TPSA) is 119 Å². The van der Waals surface area contributed by atoms with Crippen LogP contribution in [0.15, 0.2) is 0 Å². The molecule has 0 rings (SSSR count). The molecule has 1 amide bonds. The van der Waals surface area contributed by atoms with E-state index in [1.165, 1.54) is 7.11 Å². The number of ether oxygens (including phenoxy) is 1. The van der Waals surface area contributed by atoms with E-state index in [0.717, 1.165) is 12.8 Å². The summed E-state index contributed by atoms with van der Waals surface area (Å²) in [6.45, 7) is 3.65. The molecule has 4 N–H and O–H groups in total. The Bertz CT molecular complexity index is 357. The number of hydrogen-bond acceptors (Lipinski definition) is 5. The molecule has 0 aliphatic carbocycles. The first-order valence-corrected chi connectivity index (χ1v) is 7.13. The van der Waals surface area contributed by atoms with Crippen molar-refractivity contribution in [3.05, 3.63) is 0 Å². The van der Waals surface area contributed by atoms with Gasteiger partial charge in [-0.25, -0.2) is 4.79 Å². The van der Waals surface area contributed by atoms with Crippen molar-refractivity contribution >= 4 is 17.8 Å². The molecule has 7 heteroatoms. The van der Waals surface area contributed by atoms with Gasteiger partial charge >= 0.3 is 11.9 Å². The second-order valence-electron chi connectivity index (χ2n) is 5.32. The summed E-state index contributed by atoms with van der Waals surface area (Å²) < 4.78 is 4.45. The Hall–Kier alpha value is -1.63. The van der Waals surface area contributed by atoms with Crippen molar-refractivity contribution in [1.29, 1.82) is 0 Å². The van der Waals surface area contributed by atoms with E-state index in [0.29, 0.717) is 6.42 Å². The van der Waals surface area contributed by atoms with Crippen LogP contribution in [0.2, 0.25) is 0 Å². The average Bonchev–Trinajstić information content (AvgIpc) is 2.41. The van der Waals surface area contributed by atoms with Crippen LogP contribution in [0.25, 0.3) is 0 Å². The number of amides is 1. The van der Waals surface area contributed by atoms with Gasteiger partial charge < -0.3 is 20.9 Å². The van der Waals surface area contributed by atoms with Crippen molar-refractivity contribution in [2.75, 3.05) is 7.11 Å². The van der Waals surface area contributed by atoms with Crippen LogP contribution in [0, 0.1) is 5.92 Å². The molecule has 0 spiro atoms. The Morgan fingerprint density at radius 3 is 2.29 bits per heavy atom. The highest BCUT2D eigenvalue weighted by Gasteiger charge is 2.23. The van der Waals surface area contributed by atoms with Crippen LogP contribution in [-0.4, -0.2) is 42.1 Å². The van der Waals surface area contributed by atoms with Gasteiger partial charge in [0.05, 0.1) is 7.11 Å². The lowest BCUT2D eigenvalue weighted by Crippen LogP contribution is -2.43. The van der Waals surface area contributed by atoms with Crippen molar-refractivity contribution in [2.24, 2.45) is 11.7 Å². The molecule has 0 aliphatic rings. The minimum absolute atomic E-state index is 0.0142. The lowest BCUT2D eigenvalue weighted by atomic mass is 10.0. The number of carboxylic acids is 1. The highest BCUT2D eigenvalue weighted by atomic mass is 16.5. The van der Waals surface area contributed by atoms with E-state index in [9.17, 15) is 14.4 Å². The highest BCUT2D eigenvalue weighted by molar-refractivity contribution is 5.85. The third kappa shape index (κ3) is 9.01. The van der Waals surface area contributed by atoms with E-state index in [2.05, 4.69) is 10.1 Å². The smallest absolute Gasteiger partial charge is 0.326 e. The fraction of sp³-hybridized carbons (Fsp3) is 0.786. The van der Waals surface area contributed by atoms with Crippen LogP contribution < -0.4 is 11.1 Å². The minimum Gasteiger partial charge on any atom is -0.480 e. The van der Waals surface area contributed by atoms with E-state index in [1.54, 1.807) is 6.92 Å². The van der Waals surface area contributed by atoms with E-state index < -0.39 is 18.0 Å². The summed E-state index contributed by atoms with van der Waals surface area (Å²) in [5.41, 5.74) is 5.63. The van der Waals surface area contributed by atoms with Gasteiger partial charge in [0.25, 0.3) is 0 Å². The van der Waals surface area contributed by atoms with Crippen molar-refractivity contribution in [2.45, 2.75) is 58.0 Å². The number of nitrogens with one attached hydrogen (secondary N) is 1. The standard InChI is InChI=1S/C14H26N2O5/c1-9(5-4-6-10(2)15)13(18)16-11(14(19)20)7-8-12(17)21-3/h9-11H,4-8,15H2,1-3H3,(H,16,18)(H,19,20). The first-order valence-electron chi connectivity index (χ1n) is 7.13. The fourth-order valence-electron chi connectivity index (χ4n) is 1.81. The normalized spacial score (nSPS) is 14.9. The molecule has 0 radical (unpaired) electrons. The largest absolute Gasteiger partial charge is 0.480 e. The van der Waals surface area contributed by atoms with Gasteiger partial charge in [-0.3, -0.25) is 9.59 Å². The molecular weight excluding hydrogens is 276 g/mol. The van der Waals surface area contributed by atoms with Crippen LogP contribution in [0.4, 0.5) is 0 Å². The number of rotatable bonds is 10. The monoisotopic (exact) mass is 302 g/mol. The first-order chi connectivity index (χ1) is 9.77. The van der Waals surface area contributed by atoms with Gasteiger partial charge in [0.1, 0.15) is 6.04 Å². The summed E-state index contributed by atoms with van der Waals surface area (Å²) in [5.74, 6) is -2.27. The summed E-state index contributed by atoms with van der Waals surface area (Å²) in [5, 5.41) is 11.5. The predicted molar refractivity (Wildman–Crippen MR) is 77.5 cm³/mol. The van der Waals surface area contributed by atoms with Gasteiger partial charge in [0, 0.05) is 18.4 Å². The molecule has 21 heavy (non-hydrogen) atoms.